The molecule has 0 aliphatic carbocycles. The second kappa shape index (κ2) is 6.16. The lowest BCUT2D eigenvalue weighted by Crippen LogP contribution is -2.44. The number of nitrogens with zero attached hydrogens (tertiary/aromatic N) is 2. The van der Waals surface area contributed by atoms with Crippen LogP contribution in [0.25, 0.3) is 0 Å². The molecule has 106 valence electrons. The van der Waals surface area contributed by atoms with E-state index in [2.05, 4.69) is 15.2 Å². The Kier molecular flexibility index (Phi) is 4.55. The normalized spacial score (nSPS) is 19.3. The first kappa shape index (κ1) is 14.0. The van der Waals surface area contributed by atoms with E-state index in [1.54, 1.807) is 6.20 Å². The predicted octanol–water partition coefficient (Wildman–Crippen LogP) is 0.583. The number of rotatable bonds is 4. The van der Waals surface area contributed by atoms with Gasteiger partial charge in [0.25, 0.3) is 0 Å². The number of amides is 1. The summed E-state index contributed by atoms with van der Waals surface area (Å²) in [4.78, 5) is 18.2. The van der Waals surface area contributed by atoms with Crippen LogP contribution in [0, 0.1) is 6.92 Å². The molecule has 1 unspecified atom stereocenters. The molecule has 1 aliphatic rings. The van der Waals surface area contributed by atoms with Gasteiger partial charge in [0, 0.05) is 19.1 Å². The summed E-state index contributed by atoms with van der Waals surface area (Å²) in [5.41, 5.74) is 5.84. The molecular formula is C13H22N4O2. The standard InChI is InChI=1S/C13H22N4O2/c1-9-7-15-13(19-9)10(2)16-12(18)8-17-5-3-11(14)4-6-17/h7,10-11H,3-6,8,14H2,1-2H3,(H,16,18). The van der Waals surface area contributed by atoms with E-state index < -0.39 is 0 Å². The number of piperidine rings is 1. The Morgan fingerprint density at radius 3 is 2.89 bits per heavy atom. The van der Waals surface area contributed by atoms with Gasteiger partial charge in [-0.2, -0.15) is 0 Å². The van der Waals surface area contributed by atoms with Crippen molar-refractivity contribution in [2.75, 3.05) is 19.6 Å². The average Bonchev–Trinajstić information content (AvgIpc) is 2.79. The fraction of sp³-hybridized carbons (Fsp3) is 0.692. The number of aryl methyl sites for hydroxylation is 1. The van der Waals surface area contributed by atoms with Gasteiger partial charge in [-0.05, 0) is 26.7 Å². The highest BCUT2D eigenvalue weighted by molar-refractivity contribution is 5.78. The number of oxazole rings is 1. The lowest BCUT2D eigenvalue weighted by molar-refractivity contribution is -0.123. The molecule has 2 rings (SSSR count). The van der Waals surface area contributed by atoms with Gasteiger partial charge >= 0.3 is 0 Å². The van der Waals surface area contributed by atoms with E-state index in [1.807, 2.05) is 13.8 Å². The molecule has 0 spiro atoms. The first-order valence-corrected chi connectivity index (χ1v) is 6.74. The van der Waals surface area contributed by atoms with Crippen LogP contribution in [0.1, 0.15) is 37.5 Å². The highest BCUT2D eigenvalue weighted by Crippen LogP contribution is 2.12. The Bertz CT molecular complexity index is 424. The largest absolute Gasteiger partial charge is 0.444 e. The zero-order valence-corrected chi connectivity index (χ0v) is 11.6. The molecule has 1 aromatic rings. The van der Waals surface area contributed by atoms with Gasteiger partial charge in [-0.3, -0.25) is 9.69 Å². The van der Waals surface area contributed by atoms with E-state index in [1.165, 1.54) is 0 Å². The third-order valence-electron chi connectivity index (χ3n) is 3.39. The summed E-state index contributed by atoms with van der Waals surface area (Å²) in [7, 11) is 0. The minimum atomic E-state index is -0.201. The molecule has 0 radical (unpaired) electrons. The third-order valence-corrected chi connectivity index (χ3v) is 3.39. The van der Waals surface area contributed by atoms with Crippen LogP contribution in [-0.2, 0) is 4.79 Å². The van der Waals surface area contributed by atoms with E-state index in [4.69, 9.17) is 10.2 Å². The van der Waals surface area contributed by atoms with Gasteiger partial charge in [0.15, 0.2) is 0 Å². The SMILES string of the molecule is Cc1cnc(C(C)NC(=O)CN2CCC(N)CC2)o1. The van der Waals surface area contributed by atoms with Gasteiger partial charge in [0.05, 0.1) is 12.7 Å². The number of aromatic nitrogens is 1. The minimum Gasteiger partial charge on any atom is -0.444 e. The summed E-state index contributed by atoms with van der Waals surface area (Å²) >= 11 is 0. The maximum absolute atomic E-state index is 11.9. The van der Waals surface area contributed by atoms with Crippen LogP contribution in [0.2, 0.25) is 0 Å². The second-order valence-electron chi connectivity index (χ2n) is 5.21. The molecule has 0 bridgehead atoms. The van der Waals surface area contributed by atoms with Crippen molar-refractivity contribution < 1.29 is 9.21 Å². The van der Waals surface area contributed by atoms with Gasteiger partial charge in [0.2, 0.25) is 11.8 Å². The van der Waals surface area contributed by atoms with Crippen LogP contribution in [0.15, 0.2) is 10.6 Å². The van der Waals surface area contributed by atoms with Gasteiger partial charge in [0.1, 0.15) is 11.8 Å². The first-order valence-electron chi connectivity index (χ1n) is 6.74. The smallest absolute Gasteiger partial charge is 0.234 e. The molecule has 6 nitrogen and oxygen atoms in total. The van der Waals surface area contributed by atoms with Gasteiger partial charge in [-0.15, -0.1) is 0 Å². The summed E-state index contributed by atoms with van der Waals surface area (Å²) < 4.78 is 5.39. The summed E-state index contributed by atoms with van der Waals surface area (Å²) in [6, 6.07) is 0.0850. The molecule has 1 amide bonds. The van der Waals surface area contributed by atoms with Crippen molar-refractivity contribution >= 4 is 5.91 Å². The Hall–Kier alpha value is -1.40. The molecule has 1 atom stereocenters. The predicted molar refractivity (Wildman–Crippen MR) is 71.4 cm³/mol. The molecule has 0 saturated carbocycles. The number of nitrogens with one attached hydrogen (secondary N) is 1. The average molecular weight is 266 g/mol. The summed E-state index contributed by atoms with van der Waals surface area (Å²) in [5, 5.41) is 2.90. The maximum atomic E-state index is 11.9. The number of likely N-dealkylation sites (tertiary alicyclic amines) is 1. The number of carbonyl (C=O) groups excluding carboxylic acids is 1. The number of carbonyl (C=O) groups is 1. The Balaban J connectivity index is 1.78. The first-order chi connectivity index (χ1) is 9.04. The zero-order chi connectivity index (χ0) is 13.8. The van der Waals surface area contributed by atoms with Crippen molar-refractivity contribution in [1.82, 2.24) is 15.2 Å². The fourth-order valence-electron chi connectivity index (χ4n) is 2.24. The molecule has 2 heterocycles. The number of hydrogen-bond donors (Lipinski definition) is 2. The zero-order valence-electron chi connectivity index (χ0n) is 11.6. The van der Waals surface area contributed by atoms with E-state index in [0.29, 0.717) is 12.4 Å². The lowest BCUT2D eigenvalue weighted by atomic mass is 10.1. The van der Waals surface area contributed by atoms with Crippen LogP contribution in [0.4, 0.5) is 0 Å². The summed E-state index contributed by atoms with van der Waals surface area (Å²) in [6.07, 6.45) is 3.58. The van der Waals surface area contributed by atoms with E-state index in [-0.39, 0.29) is 18.0 Å². The quantitative estimate of drug-likeness (QED) is 0.833. The van der Waals surface area contributed by atoms with Gasteiger partial charge in [-0.25, -0.2) is 4.98 Å². The third kappa shape index (κ3) is 4.04. The summed E-state index contributed by atoms with van der Waals surface area (Å²) in [6.45, 7) is 5.90. The monoisotopic (exact) mass is 266 g/mol. The molecule has 19 heavy (non-hydrogen) atoms. The van der Waals surface area contributed by atoms with Crippen LogP contribution in [-0.4, -0.2) is 41.5 Å². The number of nitrogens with two attached hydrogens (primary N) is 1. The van der Waals surface area contributed by atoms with Gasteiger partial charge < -0.3 is 15.5 Å². The molecular weight excluding hydrogens is 244 g/mol. The fourth-order valence-corrected chi connectivity index (χ4v) is 2.24. The second-order valence-corrected chi connectivity index (χ2v) is 5.21. The Labute approximate surface area is 113 Å². The molecule has 1 aliphatic heterocycles. The van der Waals surface area contributed by atoms with E-state index in [9.17, 15) is 4.79 Å². The number of hydrogen-bond acceptors (Lipinski definition) is 5. The maximum Gasteiger partial charge on any atom is 0.234 e. The van der Waals surface area contributed by atoms with Crippen molar-refractivity contribution in [2.24, 2.45) is 5.73 Å². The Morgan fingerprint density at radius 2 is 2.32 bits per heavy atom. The van der Waals surface area contributed by atoms with Crippen molar-refractivity contribution in [3.05, 3.63) is 17.8 Å². The lowest BCUT2D eigenvalue weighted by Gasteiger charge is -2.29. The minimum absolute atomic E-state index is 0.00109. The van der Waals surface area contributed by atoms with Crippen LogP contribution in [0.3, 0.4) is 0 Å². The molecule has 1 saturated heterocycles. The van der Waals surface area contributed by atoms with Crippen molar-refractivity contribution in [3.63, 3.8) is 0 Å². The van der Waals surface area contributed by atoms with Crippen molar-refractivity contribution in [1.29, 1.82) is 0 Å². The molecule has 1 aromatic heterocycles. The van der Waals surface area contributed by atoms with E-state index >= 15 is 0 Å². The van der Waals surface area contributed by atoms with Crippen molar-refractivity contribution in [2.45, 2.75) is 38.8 Å². The molecule has 1 fully saturated rings. The van der Waals surface area contributed by atoms with Gasteiger partial charge in [-0.1, -0.05) is 0 Å². The topological polar surface area (TPSA) is 84.4 Å². The molecule has 6 heteroatoms. The highest BCUT2D eigenvalue weighted by atomic mass is 16.4. The van der Waals surface area contributed by atoms with Crippen LogP contribution in [0.5, 0.6) is 0 Å². The highest BCUT2D eigenvalue weighted by Gasteiger charge is 2.20. The van der Waals surface area contributed by atoms with E-state index in [0.717, 1.165) is 31.7 Å². The van der Waals surface area contributed by atoms with Crippen LogP contribution >= 0.6 is 0 Å². The van der Waals surface area contributed by atoms with Crippen LogP contribution < -0.4 is 11.1 Å². The molecule has 0 aromatic carbocycles. The summed E-state index contributed by atoms with van der Waals surface area (Å²) in [5.74, 6) is 1.30. The van der Waals surface area contributed by atoms with Crippen molar-refractivity contribution in [3.8, 4) is 0 Å². The Morgan fingerprint density at radius 1 is 1.63 bits per heavy atom. The molecule has 3 N–H and O–H groups in total.